The molecule has 0 bridgehead atoms. The van der Waals surface area contributed by atoms with Gasteiger partial charge in [-0.2, -0.15) is 0 Å². The van der Waals surface area contributed by atoms with E-state index in [4.69, 9.17) is 9.31 Å². The van der Waals surface area contributed by atoms with Crippen molar-refractivity contribution in [3.05, 3.63) is 58.7 Å². The molecule has 0 heterocycles. The van der Waals surface area contributed by atoms with Crippen LogP contribution in [-0.4, -0.2) is 38.0 Å². The molecule has 4 nitrogen and oxygen atoms in total. The Morgan fingerprint density at radius 2 is 1.03 bits per heavy atom. The molecule has 0 spiro atoms. The maximum absolute atomic E-state index is 12.4. The second kappa shape index (κ2) is 16.7. The van der Waals surface area contributed by atoms with Gasteiger partial charge in [0.15, 0.2) is 0 Å². The van der Waals surface area contributed by atoms with Gasteiger partial charge in [-0.25, -0.2) is 0 Å². The molecular formula is C30H50BNO3. The van der Waals surface area contributed by atoms with Gasteiger partial charge in [0.2, 0.25) is 0 Å². The molecule has 0 amide bonds. The van der Waals surface area contributed by atoms with Crippen molar-refractivity contribution in [1.82, 2.24) is 0 Å². The van der Waals surface area contributed by atoms with Gasteiger partial charge in [0.05, 0.1) is 26.2 Å². The number of benzene rings is 2. The van der Waals surface area contributed by atoms with Crippen molar-refractivity contribution < 1.29 is 18.8 Å². The summed E-state index contributed by atoms with van der Waals surface area (Å²) in [7, 11) is -1.57. The minimum absolute atomic E-state index is 0.631. The lowest BCUT2D eigenvalue weighted by Crippen LogP contribution is -2.47. The fraction of sp³-hybridized carbons (Fsp3) is 0.600. The van der Waals surface area contributed by atoms with Crippen molar-refractivity contribution >= 4 is 7.32 Å². The van der Waals surface area contributed by atoms with Gasteiger partial charge in [0, 0.05) is 0 Å². The van der Waals surface area contributed by atoms with E-state index >= 15 is 0 Å². The van der Waals surface area contributed by atoms with E-state index in [1.54, 1.807) is 0 Å². The van der Waals surface area contributed by atoms with Gasteiger partial charge in [0.25, 0.3) is 0 Å². The normalized spacial score (nSPS) is 11.0. The van der Waals surface area contributed by atoms with Crippen LogP contribution < -0.4 is 14.3 Å². The molecule has 2 aromatic carbocycles. The van der Waals surface area contributed by atoms with Crippen molar-refractivity contribution in [3.63, 3.8) is 0 Å². The summed E-state index contributed by atoms with van der Waals surface area (Å²) in [5, 5.41) is 12.4. The number of hydrogen-bond acceptors (Lipinski definition) is 3. The Hall–Kier alpha value is -1.98. The molecule has 0 aromatic heterocycles. The first kappa shape index (κ1) is 31.1. The predicted octanol–water partition coefficient (Wildman–Crippen LogP) is 6.67. The first-order valence-electron chi connectivity index (χ1n) is 13.8. The fourth-order valence-corrected chi connectivity index (χ4v) is 4.34. The molecule has 0 fully saturated rings. The Morgan fingerprint density at radius 1 is 0.657 bits per heavy atom. The van der Waals surface area contributed by atoms with Crippen LogP contribution in [0.4, 0.5) is 0 Å². The molecule has 0 radical (unpaired) electrons. The number of hydrogen-bond donors (Lipinski definition) is 0. The minimum Gasteiger partial charge on any atom is -0.808 e. The highest BCUT2D eigenvalue weighted by molar-refractivity contribution is 6.34. The molecule has 2 aromatic rings. The standard InChI is InChI=1S/C22H30BO3.C8H20N/c1-5-7-9-19-15-17(3)11-13-21(19)25-23(24)26-22-14-12-18(4)16-20(22)10-8-6-2;1-5-9(6-2,7-3)8-4/h11-16H,5-10H2,1-4H3;5-8H2,1-4H3/q-1;+1. The lowest BCUT2D eigenvalue weighted by molar-refractivity contribution is -0.921. The Labute approximate surface area is 216 Å². The molecule has 196 valence electrons. The molecule has 2 rings (SSSR count). The topological polar surface area (TPSA) is 41.5 Å². The van der Waals surface area contributed by atoms with Crippen molar-refractivity contribution in [1.29, 1.82) is 0 Å². The van der Waals surface area contributed by atoms with Crippen molar-refractivity contribution in [2.75, 3.05) is 26.2 Å². The first-order valence-corrected chi connectivity index (χ1v) is 13.8. The second-order valence-corrected chi connectivity index (χ2v) is 9.56. The van der Waals surface area contributed by atoms with Crippen LogP contribution >= 0.6 is 0 Å². The molecule has 0 unspecified atom stereocenters. The second-order valence-electron chi connectivity index (χ2n) is 9.56. The zero-order valence-corrected chi connectivity index (χ0v) is 23.8. The number of nitrogens with zero attached hydrogens (tertiary/aromatic N) is 1. The summed E-state index contributed by atoms with van der Waals surface area (Å²) in [5.41, 5.74) is 4.50. The molecule has 0 aliphatic heterocycles. The van der Waals surface area contributed by atoms with Crippen LogP contribution in [0, 0.1) is 13.8 Å². The van der Waals surface area contributed by atoms with Gasteiger partial charge >= 0.3 is 7.32 Å². The van der Waals surface area contributed by atoms with Gasteiger partial charge in [-0.3, -0.25) is 0 Å². The van der Waals surface area contributed by atoms with E-state index in [-0.39, 0.29) is 0 Å². The van der Waals surface area contributed by atoms with Crippen LogP contribution in [0.25, 0.3) is 0 Å². The molecule has 0 saturated heterocycles. The monoisotopic (exact) mass is 483 g/mol. The highest BCUT2D eigenvalue weighted by Gasteiger charge is 2.16. The third-order valence-corrected chi connectivity index (χ3v) is 7.16. The molecule has 0 aliphatic carbocycles. The van der Waals surface area contributed by atoms with Crippen molar-refractivity contribution in [3.8, 4) is 11.5 Å². The average Bonchev–Trinajstić information content (AvgIpc) is 2.86. The third kappa shape index (κ3) is 10.7. The number of quaternary nitrogens is 1. The van der Waals surface area contributed by atoms with Crippen LogP contribution in [0.3, 0.4) is 0 Å². The summed E-state index contributed by atoms with van der Waals surface area (Å²) < 4.78 is 12.5. The molecule has 0 atom stereocenters. The predicted molar refractivity (Wildman–Crippen MR) is 149 cm³/mol. The van der Waals surface area contributed by atoms with Crippen LogP contribution in [0.2, 0.25) is 0 Å². The largest absolute Gasteiger partial charge is 0.808 e. The van der Waals surface area contributed by atoms with Gasteiger partial charge in [-0.15, -0.1) is 0 Å². The van der Waals surface area contributed by atoms with E-state index in [1.165, 1.54) is 41.8 Å². The van der Waals surface area contributed by atoms with E-state index in [2.05, 4.69) is 67.5 Å². The number of unbranched alkanes of at least 4 members (excludes halogenated alkanes) is 2. The SMILES string of the molecule is CCCCc1cc(C)ccc1OB([O-])Oc1ccc(C)cc1CCCC.CC[N+](CC)(CC)CC. The molecule has 0 aliphatic rings. The molecule has 5 heteroatoms. The lowest BCUT2D eigenvalue weighted by atomic mass is 10.0. The van der Waals surface area contributed by atoms with E-state index in [0.717, 1.165) is 49.7 Å². The summed E-state index contributed by atoms with van der Waals surface area (Å²) in [6.45, 7) is 22.6. The van der Waals surface area contributed by atoms with Crippen LogP contribution in [0.15, 0.2) is 36.4 Å². The van der Waals surface area contributed by atoms with Crippen LogP contribution in [-0.2, 0) is 12.8 Å². The smallest absolute Gasteiger partial charge is 0.492 e. The molecule has 0 saturated carbocycles. The zero-order valence-electron chi connectivity index (χ0n) is 23.8. The fourth-order valence-electron chi connectivity index (χ4n) is 4.34. The maximum atomic E-state index is 12.4. The maximum Gasteiger partial charge on any atom is 0.492 e. The molecule has 35 heavy (non-hydrogen) atoms. The summed E-state index contributed by atoms with van der Waals surface area (Å²) in [5.74, 6) is 1.26. The number of aryl methyl sites for hydroxylation is 4. The zero-order chi connectivity index (χ0) is 26.3. The Kier molecular flexibility index (Phi) is 14.8. The highest BCUT2D eigenvalue weighted by Crippen LogP contribution is 2.25. The number of rotatable bonds is 14. The van der Waals surface area contributed by atoms with Crippen LogP contribution in [0.5, 0.6) is 11.5 Å². The summed E-state index contributed by atoms with van der Waals surface area (Å²) >= 11 is 0. The minimum atomic E-state index is -1.57. The van der Waals surface area contributed by atoms with E-state index in [0.29, 0.717) is 11.5 Å². The van der Waals surface area contributed by atoms with E-state index < -0.39 is 7.32 Å². The van der Waals surface area contributed by atoms with Gasteiger partial charge in [0.1, 0.15) is 11.5 Å². The van der Waals surface area contributed by atoms with Gasteiger partial charge in [-0.1, -0.05) is 62.1 Å². The van der Waals surface area contributed by atoms with Crippen molar-refractivity contribution in [2.45, 2.75) is 93.9 Å². The van der Waals surface area contributed by atoms with E-state index in [1.807, 2.05) is 24.3 Å². The Bertz CT molecular complexity index is 774. The quantitative estimate of drug-likeness (QED) is 0.222. The summed E-state index contributed by atoms with van der Waals surface area (Å²) in [4.78, 5) is 0. The average molecular weight is 484 g/mol. The van der Waals surface area contributed by atoms with Crippen molar-refractivity contribution in [2.24, 2.45) is 0 Å². The molecular weight excluding hydrogens is 433 g/mol. The van der Waals surface area contributed by atoms with E-state index in [9.17, 15) is 5.02 Å². The highest BCUT2D eigenvalue weighted by atomic mass is 16.7. The Morgan fingerprint density at radius 3 is 1.31 bits per heavy atom. The summed E-state index contributed by atoms with van der Waals surface area (Å²) in [6.07, 6.45) is 6.18. The Balaban J connectivity index is 0.000000579. The van der Waals surface area contributed by atoms with Gasteiger partial charge < -0.3 is 18.8 Å². The lowest BCUT2D eigenvalue weighted by Gasteiger charge is -2.34. The summed E-state index contributed by atoms with van der Waals surface area (Å²) in [6, 6.07) is 11.9. The van der Waals surface area contributed by atoms with Crippen LogP contribution in [0.1, 0.15) is 89.5 Å². The van der Waals surface area contributed by atoms with Gasteiger partial charge in [-0.05, 0) is 90.5 Å². The molecule has 0 N–H and O–H groups in total. The third-order valence-electron chi connectivity index (χ3n) is 7.16. The first-order chi connectivity index (χ1) is 16.8.